The second kappa shape index (κ2) is 13.9. The molecule has 0 radical (unpaired) electrons. The molecule has 0 unspecified atom stereocenters. The highest BCUT2D eigenvalue weighted by Gasteiger charge is 2.38. The molecule has 310 valence electrons. The van der Waals surface area contributed by atoms with Gasteiger partial charge in [0.15, 0.2) is 17.5 Å². The molecule has 2 aliphatic carbocycles. The minimum absolute atomic E-state index is 0.0655. The number of rotatable bonds is 5. The maximum absolute atomic E-state index is 5.37. The summed E-state index contributed by atoms with van der Waals surface area (Å²) in [5.74, 6) is 1.93. The van der Waals surface area contributed by atoms with Crippen LogP contribution >= 0.6 is 0 Å². The van der Waals surface area contributed by atoms with Gasteiger partial charge in [-0.25, -0.2) is 15.0 Å². The van der Waals surface area contributed by atoms with E-state index in [0.29, 0.717) is 17.5 Å². The lowest BCUT2D eigenvalue weighted by Gasteiger charge is -2.42. The molecule has 4 nitrogen and oxygen atoms in total. The Kier molecular flexibility index (Phi) is 8.37. The van der Waals surface area contributed by atoms with E-state index in [-0.39, 0.29) is 16.2 Å². The summed E-state index contributed by atoms with van der Waals surface area (Å²) in [5, 5.41) is 5.04. The van der Waals surface area contributed by atoms with E-state index in [0.717, 1.165) is 39.9 Å². The van der Waals surface area contributed by atoms with Crippen LogP contribution in [0.3, 0.4) is 0 Å². The number of aromatic nitrogens is 4. The number of nitrogens with zero attached hydrogens (tertiary/aromatic N) is 4. The molecule has 10 aromatic rings. The summed E-state index contributed by atoms with van der Waals surface area (Å²) < 4.78 is 2.48. The third-order valence-corrected chi connectivity index (χ3v) is 14.7. The van der Waals surface area contributed by atoms with Crippen molar-refractivity contribution < 1.29 is 0 Å². The first-order valence-corrected chi connectivity index (χ1v) is 22.7. The minimum Gasteiger partial charge on any atom is -0.309 e. The lowest BCUT2D eigenvalue weighted by molar-refractivity contribution is 0.332. The summed E-state index contributed by atoms with van der Waals surface area (Å²) in [6, 6.07) is 61.9. The van der Waals surface area contributed by atoms with E-state index in [1.54, 1.807) is 0 Å². The van der Waals surface area contributed by atoms with Crippen molar-refractivity contribution in [3.63, 3.8) is 0 Å². The normalized spacial score (nSPS) is 15.6. The molecule has 0 N–H and O–H groups in total. The largest absolute Gasteiger partial charge is 0.309 e. The lowest BCUT2D eigenvalue weighted by Crippen LogP contribution is -2.33. The van der Waals surface area contributed by atoms with Crippen molar-refractivity contribution in [2.45, 2.75) is 70.6 Å². The van der Waals surface area contributed by atoms with Crippen LogP contribution in [0.4, 0.5) is 0 Å². The topological polar surface area (TPSA) is 43.6 Å². The van der Waals surface area contributed by atoms with Gasteiger partial charge in [-0.3, -0.25) is 0 Å². The van der Waals surface area contributed by atoms with Gasteiger partial charge in [-0.2, -0.15) is 0 Å². The molecule has 64 heavy (non-hydrogen) atoms. The molecule has 0 saturated carbocycles. The predicted molar refractivity (Wildman–Crippen MR) is 266 cm³/mol. The molecule has 12 rings (SSSR count). The van der Waals surface area contributed by atoms with Gasteiger partial charge in [0.1, 0.15) is 0 Å². The zero-order chi connectivity index (χ0) is 43.5. The number of hydrogen-bond donors (Lipinski definition) is 0. The van der Waals surface area contributed by atoms with Crippen molar-refractivity contribution >= 4 is 32.6 Å². The summed E-state index contributed by atoms with van der Waals surface area (Å²) >= 11 is 0. The smallest absolute Gasteiger partial charge is 0.164 e. The molecule has 0 aliphatic heterocycles. The molecule has 2 heterocycles. The Hall–Kier alpha value is -7.17. The minimum atomic E-state index is -0.0979. The van der Waals surface area contributed by atoms with Crippen molar-refractivity contribution in [2.75, 3.05) is 0 Å². The molecular formula is C60H50N4. The first kappa shape index (κ1) is 38.5. The summed E-state index contributed by atoms with van der Waals surface area (Å²) in [6.07, 6.45) is 2.33. The van der Waals surface area contributed by atoms with Crippen LogP contribution < -0.4 is 0 Å². The zero-order valence-corrected chi connectivity index (χ0v) is 37.4. The fourth-order valence-electron chi connectivity index (χ4n) is 11.0. The highest BCUT2D eigenvalue weighted by atomic mass is 15.0. The monoisotopic (exact) mass is 826 g/mol. The van der Waals surface area contributed by atoms with Crippen molar-refractivity contribution in [3.05, 3.63) is 192 Å². The molecule has 4 heteroatoms. The fraction of sp³-hybridized carbons (Fsp3) is 0.183. The predicted octanol–water partition coefficient (Wildman–Crippen LogP) is 15.4. The number of benzene rings is 8. The van der Waals surface area contributed by atoms with Gasteiger partial charge >= 0.3 is 0 Å². The van der Waals surface area contributed by atoms with E-state index in [2.05, 4.69) is 216 Å². The quantitative estimate of drug-likeness (QED) is 0.174. The Morgan fingerprint density at radius 3 is 1.67 bits per heavy atom. The van der Waals surface area contributed by atoms with Crippen LogP contribution in [-0.4, -0.2) is 19.5 Å². The average Bonchev–Trinajstić information content (AvgIpc) is 3.76. The van der Waals surface area contributed by atoms with Gasteiger partial charge in [-0.05, 0) is 121 Å². The van der Waals surface area contributed by atoms with Crippen LogP contribution in [0.1, 0.15) is 76.6 Å². The third kappa shape index (κ3) is 5.92. The Balaban J connectivity index is 1.09. The average molecular weight is 827 g/mol. The van der Waals surface area contributed by atoms with Crippen molar-refractivity contribution in [1.82, 2.24) is 19.5 Å². The molecule has 0 bridgehead atoms. The van der Waals surface area contributed by atoms with Crippen LogP contribution in [-0.2, 0) is 16.2 Å². The third-order valence-electron chi connectivity index (χ3n) is 14.7. The van der Waals surface area contributed by atoms with E-state index in [9.17, 15) is 0 Å². The summed E-state index contributed by atoms with van der Waals surface area (Å²) in [7, 11) is 0. The first-order chi connectivity index (χ1) is 30.9. The summed E-state index contributed by atoms with van der Waals surface area (Å²) in [5.41, 5.74) is 16.7. The molecule has 8 aromatic carbocycles. The molecule has 0 amide bonds. The van der Waals surface area contributed by atoms with Crippen molar-refractivity contribution in [2.24, 2.45) is 0 Å². The Labute approximate surface area is 375 Å². The van der Waals surface area contributed by atoms with Crippen LogP contribution in [0, 0.1) is 0 Å². The Morgan fingerprint density at radius 2 is 0.922 bits per heavy atom. The zero-order valence-electron chi connectivity index (χ0n) is 37.4. The van der Waals surface area contributed by atoms with E-state index in [1.165, 1.54) is 72.4 Å². The number of hydrogen-bond acceptors (Lipinski definition) is 3. The summed E-state index contributed by atoms with van der Waals surface area (Å²) in [6.45, 7) is 14.3. The van der Waals surface area contributed by atoms with Crippen LogP contribution in [0.2, 0.25) is 0 Å². The summed E-state index contributed by atoms with van der Waals surface area (Å²) in [4.78, 5) is 16.1. The van der Waals surface area contributed by atoms with Crippen LogP contribution in [0.15, 0.2) is 170 Å². The van der Waals surface area contributed by atoms with Crippen LogP contribution in [0.25, 0.3) is 94.7 Å². The second-order valence-electron chi connectivity index (χ2n) is 19.9. The molecule has 0 spiro atoms. The van der Waals surface area contributed by atoms with Gasteiger partial charge in [0, 0.05) is 38.6 Å². The Morgan fingerprint density at radius 1 is 0.375 bits per heavy atom. The number of fused-ring (bicyclic) bond motifs is 8. The molecular weight excluding hydrogens is 777 g/mol. The molecule has 0 saturated heterocycles. The van der Waals surface area contributed by atoms with Crippen LogP contribution in [0.5, 0.6) is 0 Å². The SMILES string of the molecule is CC1(C)CCC(C)(C)c2cc3c(cc21)c1cc2ccccc2cc1n3-c1cccc(-c2nc(-c3ccc4c(c3)-c3ccccc3C4(C)C)nc(-c3ccccc3-c3ccccc3)n2)c1. The lowest BCUT2D eigenvalue weighted by atomic mass is 9.63. The molecule has 0 atom stereocenters. The second-order valence-corrected chi connectivity index (χ2v) is 19.9. The van der Waals surface area contributed by atoms with E-state index in [4.69, 9.17) is 15.0 Å². The standard InChI is InChI=1S/C60H50N4/c1-58(2)29-30-59(3,4)52-36-54-48(35-51(52)58)47-32-38-19-10-11-20-39(38)34-53(47)64(54)42-22-16-21-40(31-42)55-61-56(41-27-28-50-46(33-41)44-24-14-15-26-49(44)60(50,5)6)63-57(62-55)45-25-13-12-23-43(45)37-17-8-7-9-18-37/h7-28,31-36H,29-30H2,1-6H3. The van der Waals surface area contributed by atoms with Crippen molar-refractivity contribution in [3.8, 4) is 62.1 Å². The van der Waals surface area contributed by atoms with Gasteiger partial charge in [0.25, 0.3) is 0 Å². The van der Waals surface area contributed by atoms with Gasteiger partial charge in [0.2, 0.25) is 0 Å². The van der Waals surface area contributed by atoms with Crippen molar-refractivity contribution in [1.29, 1.82) is 0 Å². The van der Waals surface area contributed by atoms with E-state index < -0.39 is 0 Å². The Bertz CT molecular complexity index is 3530. The van der Waals surface area contributed by atoms with Gasteiger partial charge in [-0.1, -0.05) is 169 Å². The molecule has 2 aromatic heterocycles. The molecule has 0 fully saturated rings. The van der Waals surface area contributed by atoms with E-state index in [1.807, 2.05) is 0 Å². The molecule has 2 aliphatic rings. The van der Waals surface area contributed by atoms with Gasteiger partial charge in [-0.15, -0.1) is 0 Å². The highest BCUT2D eigenvalue weighted by molar-refractivity contribution is 6.14. The van der Waals surface area contributed by atoms with Gasteiger partial charge < -0.3 is 4.57 Å². The first-order valence-electron chi connectivity index (χ1n) is 22.7. The maximum atomic E-state index is 5.37. The van der Waals surface area contributed by atoms with E-state index >= 15 is 0 Å². The highest BCUT2D eigenvalue weighted by Crippen LogP contribution is 2.51. The maximum Gasteiger partial charge on any atom is 0.164 e. The fourth-order valence-corrected chi connectivity index (χ4v) is 11.0. The van der Waals surface area contributed by atoms with Gasteiger partial charge in [0.05, 0.1) is 11.0 Å².